The van der Waals surface area contributed by atoms with Crippen molar-refractivity contribution in [2.75, 3.05) is 13.2 Å². The number of carbonyl (C=O) groups is 1. The molecule has 2 fully saturated rings. The molecule has 0 aliphatic heterocycles. The summed E-state index contributed by atoms with van der Waals surface area (Å²) < 4.78 is 11.2. The first-order valence-corrected chi connectivity index (χ1v) is 6.42. The molecule has 0 aromatic heterocycles. The summed E-state index contributed by atoms with van der Waals surface area (Å²) in [4.78, 5) is 11.7. The fourth-order valence-corrected chi connectivity index (χ4v) is 2.91. The number of Topliss-reactive ketones (excluding diaryl/α,β-unsaturated/α-hetero) is 1. The van der Waals surface area contributed by atoms with Crippen molar-refractivity contribution in [2.24, 2.45) is 5.41 Å². The van der Waals surface area contributed by atoms with Crippen molar-refractivity contribution >= 4 is 5.78 Å². The molecule has 92 valence electrons. The van der Waals surface area contributed by atoms with Gasteiger partial charge in [0.1, 0.15) is 5.78 Å². The van der Waals surface area contributed by atoms with E-state index in [2.05, 4.69) is 0 Å². The average molecular weight is 226 g/mol. The van der Waals surface area contributed by atoms with Gasteiger partial charge in [-0.15, -0.1) is 0 Å². The van der Waals surface area contributed by atoms with E-state index >= 15 is 0 Å². The standard InChI is InChI=1S/C13H22O3/c1-10(2)15-7-8-16-12-9-11(14)13(12)5-3-4-6-13/h10,12H,3-9H2,1-2H3. The maximum atomic E-state index is 11.7. The molecule has 2 aliphatic carbocycles. The summed E-state index contributed by atoms with van der Waals surface area (Å²) in [6, 6.07) is 0. The molecule has 2 rings (SSSR count). The number of ether oxygens (including phenoxy) is 2. The summed E-state index contributed by atoms with van der Waals surface area (Å²) in [7, 11) is 0. The van der Waals surface area contributed by atoms with E-state index in [-0.39, 0.29) is 17.6 Å². The molecular formula is C13H22O3. The third kappa shape index (κ3) is 2.16. The Morgan fingerprint density at radius 3 is 2.56 bits per heavy atom. The molecule has 0 aromatic rings. The molecule has 16 heavy (non-hydrogen) atoms. The van der Waals surface area contributed by atoms with Gasteiger partial charge in [0.15, 0.2) is 0 Å². The van der Waals surface area contributed by atoms with Gasteiger partial charge in [0.2, 0.25) is 0 Å². The average Bonchev–Trinajstić information content (AvgIpc) is 2.73. The Morgan fingerprint density at radius 1 is 1.31 bits per heavy atom. The van der Waals surface area contributed by atoms with E-state index in [9.17, 15) is 4.79 Å². The summed E-state index contributed by atoms with van der Waals surface area (Å²) >= 11 is 0. The summed E-state index contributed by atoms with van der Waals surface area (Å²) in [6.45, 7) is 5.30. The molecule has 2 saturated carbocycles. The van der Waals surface area contributed by atoms with Crippen LogP contribution in [0.5, 0.6) is 0 Å². The van der Waals surface area contributed by atoms with Crippen molar-refractivity contribution < 1.29 is 14.3 Å². The largest absolute Gasteiger partial charge is 0.376 e. The smallest absolute Gasteiger partial charge is 0.144 e. The van der Waals surface area contributed by atoms with Gasteiger partial charge in [-0.3, -0.25) is 4.79 Å². The summed E-state index contributed by atoms with van der Waals surface area (Å²) in [5.74, 6) is 0.430. The van der Waals surface area contributed by atoms with Crippen molar-refractivity contribution in [2.45, 2.75) is 58.2 Å². The van der Waals surface area contributed by atoms with Crippen molar-refractivity contribution in [1.29, 1.82) is 0 Å². The van der Waals surface area contributed by atoms with E-state index in [1.165, 1.54) is 12.8 Å². The van der Waals surface area contributed by atoms with Crippen LogP contribution in [-0.4, -0.2) is 31.2 Å². The number of rotatable bonds is 5. The molecule has 0 aromatic carbocycles. The third-order valence-corrected chi connectivity index (χ3v) is 3.89. The Bertz CT molecular complexity index is 254. The van der Waals surface area contributed by atoms with E-state index < -0.39 is 0 Å². The topological polar surface area (TPSA) is 35.5 Å². The van der Waals surface area contributed by atoms with Crippen LogP contribution in [0.1, 0.15) is 46.0 Å². The quantitative estimate of drug-likeness (QED) is 0.675. The first-order chi connectivity index (χ1) is 7.65. The lowest BCUT2D eigenvalue weighted by Crippen LogP contribution is -2.53. The number of carbonyl (C=O) groups excluding carboxylic acids is 1. The Morgan fingerprint density at radius 2 is 2.00 bits per heavy atom. The predicted octanol–water partition coefficient (Wildman–Crippen LogP) is 2.33. The normalized spacial score (nSPS) is 27.7. The van der Waals surface area contributed by atoms with Gasteiger partial charge in [-0.25, -0.2) is 0 Å². The molecule has 1 spiro atoms. The van der Waals surface area contributed by atoms with Crippen molar-refractivity contribution in [3.8, 4) is 0 Å². The lowest BCUT2D eigenvalue weighted by Gasteiger charge is -2.44. The fourth-order valence-electron chi connectivity index (χ4n) is 2.91. The van der Waals surface area contributed by atoms with Gasteiger partial charge in [-0.2, -0.15) is 0 Å². The first kappa shape index (κ1) is 12.1. The SMILES string of the molecule is CC(C)OCCOC1CC(=O)C12CCCC2. The number of hydrogen-bond acceptors (Lipinski definition) is 3. The molecule has 0 radical (unpaired) electrons. The lowest BCUT2D eigenvalue weighted by molar-refractivity contribution is -0.165. The molecule has 1 unspecified atom stereocenters. The second-order valence-electron chi connectivity index (χ2n) is 5.27. The number of ketones is 1. The minimum atomic E-state index is -0.0855. The van der Waals surface area contributed by atoms with E-state index in [0.717, 1.165) is 12.8 Å². The Labute approximate surface area is 97.5 Å². The minimum absolute atomic E-state index is 0.0855. The van der Waals surface area contributed by atoms with Crippen molar-refractivity contribution in [1.82, 2.24) is 0 Å². The van der Waals surface area contributed by atoms with Crippen LogP contribution < -0.4 is 0 Å². The van der Waals surface area contributed by atoms with E-state index in [1.807, 2.05) is 13.8 Å². The highest BCUT2D eigenvalue weighted by molar-refractivity contribution is 5.92. The molecule has 3 nitrogen and oxygen atoms in total. The zero-order valence-electron chi connectivity index (χ0n) is 10.3. The monoisotopic (exact) mass is 226 g/mol. The number of hydrogen-bond donors (Lipinski definition) is 0. The molecule has 3 heteroatoms. The minimum Gasteiger partial charge on any atom is -0.376 e. The Hall–Kier alpha value is -0.410. The van der Waals surface area contributed by atoms with Gasteiger partial charge in [0, 0.05) is 6.42 Å². The van der Waals surface area contributed by atoms with Crippen LogP contribution in [-0.2, 0) is 14.3 Å². The van der Waals surface area contributed by atoms with E-state index in [0.29, 0.717) is 25.4 Å². The molecule has 0 heterocycles. The van der Waals surface area contributed by atoms with Crippen LogP contribution in [0.3, 0.4) is 0 Å². The molecule has 1 atom stereocenters. The van der Waals surface area contributed by atoms with Crippen molar-refractivity contribution in [3.63, 3.8) is 0 Å². The van der Waals surface area contributed by atoms with Gasteiger partial charge in [-0.05, 0) is 26.7 Å². The zero-order chi connectivity index (χ0) is 11.6. The summed E-state index contributed by atoms with van der Waals surface area (Å²) in [5.41, 5.74) is -0.0855. The highest BCUT2D eigenvalue weighted by Crippen LogP contribution is 2.51. The maximum absolute atomic E-state index is 11.7. The Kier molecular flexibility index (Phi) is 3.65. The van der Waals surface area contributed by atoms with Crippen LogP contribution >= 0.6 is 0 Å². The second-order valence-corrected chi connectivity index (χ2v) is 5.27. The van der Waals surface area contributed by atoms with Gasteiger partial charge in [0.05, 0.1) is 30.8 Å². The maximum Gasteiger partial charge on any atom is 0.144 e. The molecule has 0 bridgehead atoms. The van der Waals surface area contributed by atoms with Gasteiger partial charge < -0.3 is 9.47 Å². The summed E-state index contributed by atoms with van der Waals surface area (Å²) in [6.07, 6.45) is 5.53. The van der Waals surface area contributed by atoms with Gasteiger partial charge in [0.25, 0.3) is 0 Å². The molecule has 0 saturated heterocycles. The van der Waals surface area contributed by atoms with E-state index in [1.54, 1.807) is 0 Å². The van der Waals surface area contributed by atoms with Gasteiger partial charge in [-0.1, -0.05) is 12.8 Å². The third-order valence-electron chi connectivity index (χ3n) is 3.89. The van der Waals surface area contributed by atoms with Crippen LogP contribution in [0.4, 0.5) is 0 Å². The molecular weight excluding hydrogens is 204 g/mol. The van der Waals surface area contributed by atoms with Gasteiger partial charge >= 0.3 is 0 Å². The lowest BCUT2D eigenvalue weighted by atomic mass is 9.63. The zero-order valence-corrected chi connectivity index (χ0v) is 10.3. The molecule has 0 amide bonds. The highest BCUT2D eigenvalue weighted by Gasteiger charge is 2.56. The summed E-state index contributed by atoms with van der Waals surface area (Å²) in [5, 5.41) is 0. The van der Waals surface area contributed by atoms with Crippen LogP contribution in [0.15, 0.2) is 0 Å². The van der Waals surface area contributed by atoms with Crippen LogP contribution in [0.2, 0.25) is 0 Å². The first-order valence-electron chi connectivity index (χ1n) is 6.42. The second kappa shape index (κ2) is 4.84. The highest BCUT2D eigenvalue weighted by atomic mass is 16.5. The Balaban J connectivity index is 1.72. The van der Waals surface area contributed by atoms with Crippen LogP contribution in [0, 0.1) is 5.41 Å². The fraction of sp³-hybridized carbons (Fsp3) is 0.923. The van der Waals surface area contributed by atoms with Crippen LogP contribution in [0.25, 0.3) is 0 Å². The molecule has 0 N–H and O–H groups in total. The predicted molar refractivity (Wildman–Crippen MR) is 61.4 cm³/mol. The molecule has 2 aliphatic rings. The van der Waals surface area contributed by atoms with Crippen molar-refractivity contribution in [3.05, 3.63) is 0 Å². The van der Waals surface area contributed by atoms with E-state index in [4.69, 9.17) is 9.47 Å².